The topological polar surface area (TPSA) is 29.5 Å². The smallest absolute Gasteiger partial charge is 0.155 e. The number of ether oxygens (including phenoxy) is 1. The minimum absolute atomic E-state index is 0.0648. The Morgan fingerprint density at radius 2 is 1.93 bits per heavy atom. The first-order valence-electron chi connectivity index (χ1n) is 5.14. The van der Waals surface area contributed by atoms with E-state index in [0.29, 0.717) is 5.92 Å². The molecule has 14 heavy (non-hydrogen) atoms. The molecule has 0 radical (unpaired) electrons. The second-order valence-corrected chi connectivity index (χ2v) is 4.07. The van der Waals surface area contributed by atoms with Crippen molar-refractivity contribution in [3.8, 4) is 0 Å². The van der Waals surface area contributed by atoms with Crippen LogP contribution >= 0.6 is 0 Å². The van der Waals surface area contributed by atoms with Gasteiger partial charge in [0.15, 0.2) is 6.29 Å². The molecule has 1 aromatic carbocycles. The molecule has 1 fully saturated rings. The van der Waals surface area contributed by atoms with Crippen LogP contribution in [-0.2, 0) is 4.74 Å². The maximum Gasteiger partial charge on any atom is 0.155 e. The van der Waals surface area contributed by atoms with Crippen molar-refractivity contribution in [3.05, 3.63) is 35.9 Å². The summed E-state index contributed by atoms with van der Waals surface area (Å²) < 4.78 is 5.50. The fourth-order valence-corrected chi connectivity index (χ4v) is 1.99. The highest BCUT2D eigenvalue weighted by Gasteiger charge is 2.26. The number of rotatable bonds is 1. The van der Waals surface area contributed by atoms with Crippen molar-refractivity contribution >= 4 is 0 Å². The molecule has 1 heterocycles. The van der Waals surface area contributed by atoms with E-state index in [1.807, 2.05) is 18.2 Å². The van der Waals surface area contributed by atoms with Gasteiger partial charge < -0.3 is 9.84 Å². The van der Waals surface area contributed by atoms with Crippen molar-refractivity contribution in [2.45, 2.75) is 32.2 Å². The summed E-state index contributed by atoms with van der Waals surface area (Å²) in [5, 5.41) is 9.49. The lowest BCUT2D eigenvalue weighted by molar-refractivity contribution is -0.177. The van der Waals surface area contributed by atoms with E-state index in [1.165, 1.54) is 0 Å². The lowest BCUT2D eigenvalue weighted by Gasteiger charge is -2.31. The minimum atomic E-state index is -0.594. The average Bonchev–Trinajstić information content (AvgIpc) is 2.18. The van der Waals surface area contributed by atoms with E-state index in [-0.39, 0.29) is 6.10 Å². The molecule has 76 valence electrons. The average molecular weight is 192 g/mol. The quantitative estimate of drug-likeness (QED) is 0.740. The molecule has 2 rings (SSSR count). The fraction of sp³-hybridized carbons (Fsp3) is 0.500. The summed E-state index contributed by atoms with van der Waals surface area (Å²) in [5.74, 6) is 0.531. The van der Waals surface area contributed by atoms with Gasteiger partial charge in [-0.1, -0.05) is 37.3 Å². The zero-order chi connectivity index (χ0) is 9.97. The summed E-state index contributed by atoms with van der Waals surface area (Å²) in [7, 11) is 0. The highest BCUT2D eigenvalue weighted by Crippen LogP contribution is 2.33. The Morgan fingerprint density at radius 1 is 1.21 bits per heavy atom. The van der Waals surface area contributed by atoms with Gasteiger partial charge in [0.2, 0.25) is 0 Å². The van der Waals surface area contributed by atoms with E-state index in [1.54, 1.807) is 0 Å². The lowest BCUT2D eigenvalue weighted by atomic mass is 9.93. The predicted molar refractivity (Wildman–Crippen MR) is 54.7 cm³/mol. The van der Waals surface area contributed by atoms with E-state index in [0.717, 1.165) is 18.4 Å². The molecule has 0 aromatic heterocycles. The maximum absolute atomic E-state index is 9.49. The third kappa shape index (κ3) is 2.14. The SMILES string of the molecule is CC1CC(O)OC(c2ccccc2)C1. The second-order valence-electron chi connectivity index (χ2n) is 4.07. The number of hydrogen-bond donors (Lipinski definition) is 1. The van der Waals surface area contributed by atoms with E-state index >= 15 is 0 Å². The summed E-state index contributed by atoms with van der Waals surface area (Å²) in [6, 6.07) is 10.1. The predicted octanol–water partition coefficient (Wildman–Crippen LogP) is 2.49. The Labute approximate surface area is 84.5 Å². The van der Waals surface area contributed by atoms with Crippen molar-refractivity contribution in [2.24, 2.45) is 5.92 Å². The van der Waals surface area contributed by atoms with Gasteiger partial charge in [-0.2, -0.15) is 0 Å². The zero-order valence-electron chi connectivity index (χ0n) is 8.39. The van der Waals surface area contributed by atoms with Gasteiger partial charge >= 0.3 is 0 Å². The molecule has 1 aromatic rings. The van der Waals surface area contributed by atoms with Gasteiger partial charge in [-0.05, 0) is 17.9 Å². The van der Waals surface area contributed by atoms with Gasteiger partial charge in [0.25, 0.3) is 0 Å². The largest absolute Gasteiger partial charge is 0.368 e. The van der Waals surface area contributed by atoms with Gasteiger partial charge in [0.05, 0.1) is 6.10 Å². The number of aliphatic hydroxyl groups is 1. The number of hydrogen-bond acceptors (Lipinski definition) is 2. The summed E-state index contributed by atoms with van der Waals surface area (Å²) >= 11 is 0. The molecule has 0 aliphatic carbocycles. The summed E-state index contributed by atoms with van der Waals surface area (Å²) in [5.41, 5.74) is 1.16. The van der Waals surface area contributed by atoms with Crippen LogP contribution in [0.1, 0.15) is 31.4 Å². The molecule has 2 heteroatoms. The molecule has 2 nitrogen and oxygen atoms in total. The van der Waals surface area contributed by atoms with Crippen molar-refractivity contribution in [2.75, 3.05) is 0 Å². The Balaban J connectivity index is 2.11. The highest BCUT2D eigenvalue weighted by molar-refractivity contribution is 5.17. The van der Waals surface area contributed by atoms with Gasteiger partial charge in [0.1, 0.15) is 0 Å². The van der Waals surface area contributed by atoms with Crippen molar-refractivity contribution in [1.29, 1.82) is 0 Å². The lowest BCUT2D eigenvalue weighted by Crippen LogP contribution is -2.26. The van der Waals surface area contributed by atoms with Crippen molar-refractivity contribution in [1.82, 2.24) is 0 Å². The number of benzene rings is 1. The van der Waals surface area contributed by atoms with Crippen LogP contribution in [0.15, 0.2) is 30.3 Å². The van der Waals surface area contributed by atoms with Crippen LogP contribution in [0.5, 0.6) is 0 Å². The first kappa shape index (κ1) is 9.69. The van der Waals surface area contributed by atoms with Crippen LogP contribution in [0.25, 0.3) is 0 Å². The van der Waals surface area contributed by atoms with E-state index in [9.17, 15) is 5.11 Å². The van der Waals surface area contributed by atoms with Crippen LogP contribution in [0.3, 0.4) is 0 Å². The van der Waals surface area contributed by atoms with Gasteiger partial charge in [-0.15, -0.1) is 0 Å². The fourth-order valence-electron chi connectivity index (χ4n) is 1.99. The monoisotopic (exact) mass is 192 g/mol. The normalized spacial score (nSPS) is 32.9. The van der Waals surface area contributed by atoms with E-state index in [2.05, 4.69) is 19.1 Å². The molecule has 0 amide bonds. The Kier molecular flexibility index (Phi) is 2.85. The van der Waals surface area contributed by atoms with Crippen LogP contribution in [0.4, 0.5) is 0 Å². The van der Waals surface area contributed by atoms with Crippen LogP contribution in [-0.4, -0.2) is 11.4 Å². The third-order valence-electron chi connectivity index (χ3n) is 2.71. The van der Waals surface area contributed by atoms with Gasteiger partial charge in [-0.3, -0.25) is 0 Å². The third-order valence-corrected chi connectivity index (χ3v) is 2.71. The molecular weight excluding hydrogens is 176 g/mol. The van der Waals surface area contributed by atoms with Crippen molar-refractivity contribution < 1.29 is 9.84 Å². The summed E-state index contributed by atoms with van der Waals surface area (Å²) in [6.07, 6.45) is 1.23. The van der Waals surface area contributed by atoms with E-state index in [4.69, 9.17) is 4.74 Å². The molecule has 1 aliphatic heterocycles. The Hall–Kier alpha value is -0.860. The maximum atomic E-state index is 9.49. The van der Waals surface area contributed by atoms with Crippen molar-refractivity contribution in [3.63, 3.8) is 0 Å². The summed E-state index contributed by atoms with van der Waals surface area (Å²) in [4.78, 5) is 0. The minimum Gasteiger partial charge on any atom is -0.368 e. The number of aliphatic hydroxyl groups excluding tert-OH is 1. The molecule has 0 spiro atoms. The van der Waals surface area contributed by atoms with Crippen LogP contribution in [0.2, 0.25) is 0 Å². The second kappa shape index (κ2) is 4.11. The highest BCUT2D eigenvalue weighted by atomic mass is 16.6. The first-order valence-corrected chi connectivity index (χ1v) is 5.14. The van der Waals surface area contributed by atoms with E-state index < -0.39 is 6.29 Å². The molecule has 1 saturated heterocycles. The molecule has 3 unspecified atom stereocenters. The molecular formula is C12H16O2. The van der Waals surface area contributed by atoms with Crippen LogP contribution in [0, 0.1) is 5.92 Å². The molecule has 1 aliphatic rings. The molecule has 0 saturated carbocycles. The van der Waals surface area contributed by atoms with Crippen LogP contribution < -0.4 is 0 Å². The summed E-state index contributed by atoms with van der Waals surface area (Å²) in [6.45, 7) is 2.15. The Morgan fingerprint density at radius 3 is 2.57 bits per heavy atom. The first-order chi connectivity index (χ1) is 6.75. The standard InChI is InChI=1S/C12H16O2/c1-9-7-11(14-12(13)8-9)10-5-3-2-4-6-10/h2-6,9,11-13H,7-8H2,1H3. The van der Waals surface area contributed by atoms with Gasteiger partial charge in [-0.25, -0.2) is 0 Å². The molecule has 0 bridgehead atoms. The Bertz CT molecular complexity index is 274. The molecule has 1 N–H and O–H groups in total. The van der Waals surface area contributed by atoms with Gasteiger partial charge in [0, 0.05) is 6.42 Å². The molecule has 3 atom stereocenters. The zero-order valence-corrected chi connectivity index (χ0v) is 8.39.